The standard InChI is InChI=1S/C17H29NO/c1-13-5-8-16(11-13,12-18)17(19)9-6-14(7-10-17)15(2,3)4/h13-14,19H,5-11H2,1-4H3. The molecule has 0 heterocycles. The van der Waals surface area contributed by atoms with Crippen LogP contribution in [0.2, 0.25) is 0 Å². The van der Waals surface area contributed by atoms with Crippen molar-refractivity contribution in [1.82, 2.24) is 0 Å². The average Bonchev–Trinajstić information content (AvgIpc) is 2.72. The highest BCUT2D eigenvalue weighted by Gasteiger charge is 2.55. The molecule has 2 fully saturated rings. The third-order valence-electron chi connectivity index (χ3n) is 5.90. The van der Waals surface area contributed by atoms with E-state index in [1.165, 1.54) is 0 Å². The molecule has 108 valence electrons. The highest BCUT2D eigenvalue weighted by Crippen LogP contribution is 2.55. The molecule has 0 saturated heterocycles. The van der Waals surface area contributed by atoms with Gasteiger partial charge in [0.1, 0.15) is 0 Å². The minimum atomic E-state index is -0.728. The van der Waals surface area contributed by atoms with Crippen LogP contribution in [-0.4, -0.2) is 10.7 Å². The smallest absolute Gasteiger partial charge is 0.0862 e. The van der Waals surface area contributed by atoms with Gasteiger partial charge < -0.3 is 5.11 Å². The molecule has 0 aromatic carbocycles. The summed E-state index contributed by atoms with van der Waals surface area (Å²) in [6.07, 6.45) is 6.64. The van der Waals surface area contributed by atoms with E-state index in [2.05, 4.69) is 33.8 Å². The molecule has 19 heavy (non-hydrogen) atoms. The predicted octanol–water partition coefficient (Wildman–Crippen LogP) is 4.28. The third kappa shape index (κ3) is 2.55. The molecule has 0 amide bonds. The van der Waals surface area contributed by atoms with Crippen molar-refractivity contribution in [1.29, 1.82) is 5.26 Å². The van der Waals surface area contributed by atoms with E-state index < -0.39 is 11.0 Å². The molecule has 2 atom stereocenters. The first-order chi connectivity index (χ1) is 8.72. The Labute approximate surface area is 118 Å². The van der Waals surface area contributed by atoms with Gasteiger partial charge in [-0.05, 0) is 62.2 Å². The number of nitriles is 1. The van der Waals surface area contributed by atoms with Crippen molar-refractivity contribution >= 4 is 0 Å². The fourth-order valence-corrected chi connectivity index (χ4v) is 4.36. The first-order valence-corrected chi connectivity index (χ1v) is 7.86. The maximum Gasteiger partial charge on any atom is 0.0862 e. The van der Waals surface area contributed by atoms with Gasteiger partial charge in [0, 0.05) is 0 Å². The topological polar surface area (TPSA) is 44.0 Å². The van der Waals surface area contributed by atoms with Crippen LogP contribution in [-0.2, 0) is 0 Å². The molecule has 2 nitrogen and oxygen atoms in total. The third-order valence-corrected chi connectivity index (χ3v) is 5.90. The molecule has 0 radical (unpaired) electrons. The molecule has 1 N–H and O–H groups in total. The second-order valence-corrected chi connectivity index (χ2v) is 8.21. The summed E-state index contributed by atoms with van der Waals surface area (Å²) in [5, 5.41) is 20.8. The van der Waals surface area contributed by atoms with Crippen LogP contribution in [0.4, 0.5) is 0 Å². The average molecular weight is 263 g/mol. The summed E-state index contributed by atoms with van der Waals surface area (Å²) in [4.78, 5) is 0. The summed E-state index contributed by atoms with van der Waals surface area (Å²) in [7, 11) is 0. The quantitative estimate of drug-likeness (QED) is 0.767. The van der Waals surface area contributed by atoms with Crippen LogP contribution in [0, 0.1) is 34.0 Å². The Morgan fingerprint density at radius 3 is 2.05 bits per heavy atom. The van der Waals surface area contributed by atoms with Crippen LogP contribution in [0.5, 0.6) is 0 Å². The van der Waals surface area contributed by atoms with Crippen molar-refractivity contribution in [2.24, 2.45) is 22.7 Å². The first kappa shape index (κ1) is 14.9. The number of rotatable bonds is 1. The van der Waals surface area contributed by atoms with Crippen LogP contribution in [0.15, 0.2) is 0 Å². The van der Waals surface area contributed by atoms with Crippen LogP contribution in [0.25, 0.3) is 0 Å². The maximum absolute atomic E-state index is 11.1. The molecule has 0 aromatic heterocycles. The van der Waals surface area contributed by atoms with Gasteiger partial charge in [-0.25, -0.2) is 0 Å². The molecule has 2 aliphatic carbocycles. The lowest BCUT2D eigenvalue weighted by atomic mass is 9.60. The molecular formula is C17H29NO. The molecule has 0 spiro atoms. The molecular weight excluding hydrogens is 234 g/mol. The first-order valence-electron chi connectivity index (χ1n) is 7.86. The van der Waals surface area contributed by atoms with E-state index in [0.717, 1.165) is 44.9 Å². The fourth-order valence-electron chi connectivity index (χ4n) is 4.36. The van der Waals surface area contributed by atoms with Gasteiger partial charge >= 0.3 is 0 Å². The van der Waals surface area contributed by atoms with Crippen molar-refractivity contribution in [2.75, 3.05) is 0 Å². The Balaban J connectivity index is 2.12. The van der Waals surface area contributed by atoms with Gasteiger partial charge in [0.2, 0.25) is 0 Å². The van der Waals surface area contributed by atoms with Gasteiger partial charge in [-0.1, -0.05) is 27.7 Å². The Morgan fingerprint density at radius 2 is 1.68 bits per heavy atom. The summed E-state index contributed by atoms with van der Waals surface area (Å²) >= 11 is 0. The van der Waals surface area contributed by atoms with Crippen LogP contribution in [0.3, 0.4) is 0 Å². The highest BCUT2D eigenvalue weighted by atomic mass is 16.3. The predicted molar refractivity (Wildman–Crippen MR) is 77.4 cm³/mol. The lowest BCUT2D eigenvalue weighted by Gasteiger charge is -2.47. The zero-order valence-electron chi connectivity index (χ0n) is 13.0. The van der Waals surface area contributed by atoms with E-state index in [4.69, 9.17) is 0 Å². The van der Waals surface area contributed by atoms with E-state index >= 15 is 0 Å². The number of hydrogen-bond donors (Lipinski definition) is 1. The Hall–Kier alpha value is -0.550. The zero-order chi connectivity index (χ0) is 14.3. The van der Waals surface area contributed by atoms with E-state index in [1.54, 1.807) is 0 Å². The summed E-state index contributed by atoms with van der Waals surface area (Å²) in [6, 6.07) is 2.52. The Morgan fingerprint density at radius 1 is 1.11 bits per heavy atom. The van der Waals surface area contributed by atoms with Crippen LogP contribution in [0.1, 0.15) is 72.6 Å². The van der Waals surface area contributed by atoms with Crippen molar-refractivity contribution in [3.05, 3.63) is 0 Å². The fraction of sp³-hybridized carbons (Fsp3) is 0.941. The van der Waals surface area contributed by atoms with Crippen LogP contribution >= 0.6 is 0 Å². The zero-order valence-corrected chi connectivity index (χ0v) is 13.0. The van der Waals surface area contributed by atoms with Crippen LogP contribution < -0.4 is 0 Å². The second-order valence-electron chi connectivity index (χ2n) is 8.21. The van der Waals surface area contributed by atoms with Crippen molar-refractivity contribution in [3.63, 3.8) is 0 Å². The van der Waals surface area contributed by atoms with Gasteiger partial charge in [-0.2, -0.15) is 5.26 Å². The monoisotopic (exact) mass is 263 g/mol. The maximum atomic E-state index is 11.1. The number of nitrogens with zero attached hydrogens (tertiary/aromatic N) is 1. The molecule has 2 aliphatic rings. The van der Waals surface area contributed by atoms with E-state index in [-0.39, 0.29) is 0 Å². The normalized spacial score (nSPS) is 44.0. The summed E-state index contributed by atoms with van der Waals surface area (Å²) < 4.78 is 0. The molecule has 2 rings (SSSR count). The van der Waals surface area contributed by atoms with Gasteiger partial charge in [0.15, 0.2) is 0 Å². The molecule has 0 aromatic rings. The highest BCUT2D eigenvalue weighted by molar-refractivity contribution is 5.15. The SMILES string of the molecule is CC1CCC(C#N)(C2(O)CCC(C(C)(C)C)CC2)C1. The lowest BCUT2D eigenvalue weighted by Crippen LogP contribution is -2.49. The number of hydrogen-bond acceptors (Lipinski definition) is 2. The molecule has 2 heteroatoms. The second kappa shape index (κ2) is 4.77. The largest absolute Gasteiger partial charge is 0.388 e. The summed E-state index contributed by atoms with van der Waals surface area (Å²) in [6.45, 7) is 9.09. The minimum Gasteiger partial charge on any atom is -0.388 e. The summed E-state index contributed by atoms with van der Waals surface area (Å²) in [5.74, 6) is 1.27. The Kier molecular flexibility index (Phi) is 3.73. The molecule has 2 saturated carbocycles. The van der Waals surface area contributed by atoms with E-state index in [1.807, 2.05) is 0 Å². The van der Waals surface area contributed by atoms with Crippen molar-refractivity contribution in [2.45, 2.75) is 78.2 Å². The van der Waals surface area contributed by atoms with Crippen molar-refractivity contribution < 1.29 is 5.11 Å². The van der Waals surface area contributed by atoms with Gasteiger partial charge in [-0.3, -0.25) is 0 Å². The Bertz CT molecular complexity index is 368. The summed E-state index contributed by atoms with van der Waals surface area (Å²) in [5.41, 5.74) is -0.867. The number of aliphatic hydroxyl groups is 1. The molecule has 0 bridgehead atoms. The van der Waals surface area contributed by atoms with E-state index in [9.17, 15) is 10.4 Å². The van der Waals surface area contributed by atoms with Gasteiger partial charge in [0.05, 0.1) is 17.1 Å². The molecule has 0 aliphatic heterocycles. The molecule has 2 unspecified atom stereocenters. The minimum absolute atomic E-state index is 0.324. The lowest BCUT2D eigenvalue weighted by molar-refractivity contribution is -0.0982. The van der Waals surface area contributed by atoms with E-state index in [0.29, 0.717) is 17.3 Å². The van der Waals surface area contributed by atoms with Gasteiger partial charge in [0.25, 0.3) is 0 Å². The van der Waals surface area contributed by atoms with Crippen molar-refractivity contribution in [3.8, 4) is 6.07 Å². The van der Waals surface area contributed by atoms with Gasteiger partial charge in [-0.15, -0.1) is 0 Å².